The molecule has 0 heterocycles. The number of rotatable bonds is 7. The molecule has 0 amide bonds. The lowest BCUT2D eigenvalue weighted by atomic mass is 10.3. The SMILES string of the molecule is C=C[Si](Oc1ccccc1)(Oc1ccccc1)Oc1ccccc1.[SiH4]. The van der Waals surface area contributed by atoms with E-state index >= 15 is 0 Å². The van der Waals surface area contributed by atoms with Gasteiger partial charge in [0.2, 0.25) is 0 Å². The fourth-order valence-corrected chi connectivity index (χ4v) is 3.91. The van der Waals surface area contributed by atoms with Gasteiger partial charge in [0.15, 0.2) is 0 Å². The third-order valence-electron chi connectivity index (χ3n) is 3.26. The highest BCUT2D eigenvalue weighted by Crippen LogP contribution is 2.24. The second-order valence-corrected chi connectivity index (χ2v) is 7.28. The molecule has 3 nitrogen and oxygen atoms in total. The van der Waals surface area contributed by atoms with Crippen LogP contribution in [0.1, 0.15) is 0 Å². The van der Waals surface area contributed by atoms with E-state index in [1.54, 1.807) is 5.70 Å². The largest absolute Gasteiger partial charge is 0.728 e. The average molecular weight is 367 g/mol. The van der Waals surface area contributed by atoms with E-state index in [2.05, 4.69) is 6.58 Å². The van der Waals surface area contributed by atoms with Crippen LogP contribution < -0.4 is 13.3 Å². The van der Waals surface area contributed by atoms with Crippen molar-refractivity contribution in [2.45, 2.75) is 0 Å². The van der Waals surface area contributed by atoms with Gasteiger partial charge in [-0.15, -0.1) is 0 Å². The molecule has 0 fully saturated rings. The van der Waals surface area contributed by atoms with Crippen LogP contribution in [0.15, 0.2) is 103 Å². The molecule has 0 saturated carbocycles. The smallest absolute Gasteiger partial charge is 0.480 e. The van der Waals surface area contributed by atoms with Crippen molar-refractivity contribution in [3.63, 3.8) is 0 Å². The van der Waals surface area contributed by atoms with Crippen molar-refractivity contribution in [2.75, 3.05) is 0 Å². The molecule has 0 aliphatic carbocycles. The lowest BCUT2D eigenvalue weighted by Crippen LogP contribution is -2.53. The van der Waals surface area contributed by atoms with Gasteiger partial charge in [0.25, 0.3) is 0 Å². The van der Waals surface area contributed by atoms with E-state index in [9.17, 15) is 0 Å². The molecule has 0 aliphatic heterocycles. The average Bonchev–Trinajstić information content (AvgIpc) is 2.64. The lowest BCUT2D eigenvalue weighted by Gasteiger charge is -2.27. The van der Waals surface area contributed by atoms with Gasteiger partial charge < -0.3 is 13.3 Å². The summed E-state index contributed by atoms with van der Waals surface area (Å²) in [6, 6.07) is 28.4. The zero-order valence-corrected chi connectivity index (χ0v) is 14.2. The van der Waals surface area contributed by atoms with Gasteiger partial charge in [-0.1, -0.05) is 61.2 Å². The van der Waals surface area contributed by atoms with Crippen molar-refractivity contribution in [3.8, 4) is 17.2 Å². The molecule has 5 heteroatoms. The van der Waals surface area contributed by atoms with Crippen molar-refractivity contribution in [1.82, 2.24) is 0 Å². The van der Waals surface area contributed by atoms with E-state index in [4.69, 9.17) is 13.3 Å². The highest BCUT2D eigenvalue weighted by atomic mass is 28.4. The van der Waals surface area contributed by atoms with Gasteiger partial charge >= 0.3 is 8.80 Å². The van der Waals surface area contributed by atoms with Crippen molar-refractivity contribution >= 4 is 19.8 Å². The number of hydrogen-bond acceptors (Lipinski definition) is 3. The molecule has 0 spiro atoms. The van der Waals surface area contributed by atoms with Crippen molar-refractivity contribution in [1.29, 1.82) is 0 Å². The van der Waals surface area contributed by atoms with Crippen molar-refractivity contribution in [2.24, 2.45) is 0 Å². The van der Waals surface area contributed by atoms with E-state index in [1.165, 1.54) is 0 Å². The minimum Gasteiger partial charge on any atom is -0.480 e. The third kappa shape index (κ3) is 5.10. The number of para-hydroxylation sites is 3. The molecule has 128 valence electrons. The second kappa shape index (κ2) is 8.91. The molecular weight excluding hydrogens is 344 g/mol. The van der Waals surface area contributed by atoms with Gasteiger partial charge in [-0.2, -0.15) is 0 Å². The first kappa shape index (κ1) is 18.6. The zero-order valence-electron chi connectivity index (χ0n) is 13.2. The van der Waals surface area contributed by atoms with Crippen LogP contribution in [0.4, 0.5) is 0 Å². The van der Waals surface area contributed by atoms with Crippen molar-refractivity contribution in [3.05, 3.63) is 103 Å². The Balaban J connectivity index is 0.00000225. The molecule has 3 aromatic carbocycles. The zero-order chi connectivity index (χ0) is 16.7. The molecule has 3 rings (SSSR count). The molecule has 0 bridgehead atoms. The fraction of sp³-hybridized carbons (Fsp3) is 0. The summed E-state index contributed by atoms with van der Waals surface area (Å²) in [7, 11) is -3.23. The maximum atomic E-state index is 6.14. The Morgan fingerprint density at radius 2 is 0.840 bits per heavy atom. The van der Waals surface area contributed by atoms with Crippen molar-refractivity contribution < 1.29 is 13.3 Å². The van der Waals surface area contributed by atoms with E-state index in [-0.39, 0.29) is 11.0 Å². The van der Waals surface area contributed by atoms with E-state index in [0.29, 0.717) is 17.2 Å². The normalized spacial score (nSPS) is 10.2. The highest BCUT2D eigenvalue weighted by molar-refractivity contribution is 6.68. The Morgan fingerprint density at radius 1 is 0.560 bits per heavy atom. The van der Waals surface area contributed by atoms with Gasteiger partial charge in [-0.3, -0.25) is 0 Å². The Morgan fingerprint density at radius 3 is 1.08 bits per heavy atom. The maximum absolute atomic E-state index is 6.14. The Kier molecular flexibility index (Phi) is 6.62. The van der Waals surface area contributed by atoms with Crippen LogP contribution in [0.2, 0.25) is 0 Å². The molecule has 0 N–H and O–H groups in total. The first-order valence-corrected chi connectivity index (χ1v) is 9.46. The van der Waals surface area contributed by atoms with Gasteiger partial charge in [0.05, 0.1) is 0 Å². The summed E-state index contributed by atoms with van der Waals surface area (Å²) >= 11 is 0. The Bertz CT molecular complexity index is 663. The second-order valence-electron chi connectivity index (χ2n) is 5.05. The minimum absolute atomic E-state index is 0. The molecule has 0 atom stereocenters. The van der Waals surface area contributed by atoms with E-state index in [0.717, 1.165) is 0 Å². The van der Waals surface area contributed by atoms with Crippen LogP contribution in [0, 0.1) is 0 Å². The fourth-order valence-electron chi connectivity index (χ4n) is 2.15. The quantitative estimate of drug-likeness (QED) is 0.600. The van der Waals surface area contributed by atoms with Gasteiger partial charge in [-0.05, 0) is 47.4 Å². The third-order valence-corrected chi connectivity index (χ3v) is 5.32. The van der Waals surface area contributed by atoms with E-state index in [1.807, 2.05) is 91.0 Å². The van der Waals surface area contributed by atoms with Crippen LogP contribution in [0.25, 0.3) is 0 Å². The van der Waals surface area contributed by atoms with Crippen LogP contribution >= 0.6 is 0 Å². The Labute approximate surface area is 153 Å². The molecule has 0 aromatic heterocycles. The molecule has 0 radical (unpaired) electrons. The van der Waals surface area contributed by atoms with Gasteiger partial charge in [0, 0.05) is 5.70 Å². The Hall–Kier alpha value is -2.77. The van der Waals surface area contributed by atoms with Crippen LogP contribution in [-0.4, -0.2) is 19.8 Å². The van der Waals surface area contributed by atoms with Gasteiger partial charge in [-0.25, -0.2) is 0 Å². The van der Waals surface area contributed by atoms with Gasteiger partial charge in [0.1, 0.15) is 17.2 Å². The van der Waals surface area contributed by atoms with E-state index < -0.39 is 8.80 Å². The topological polar surface area (TPSA) is 27.7 Å². The molecule has 0 aliphatic rings. The van der Waals surface area contributed by atoms with Crippen LogP contribution in [0.3, 0.4) is 0 Å². The summed E-state index contributed by atoms with van der Waals surface area (Å²) in [6.45, 7) is 3.91. The first-order valence-electron chi connectivity index (χ1n) is 7.65. The van der Waals surface area contributed by atoms with Crippen LogP contribution in [-0.2, 0) is 0 Å². The molecule has 0 unspecified atom stereocenters. The maximum Gasteiger partial charge on any atom is 0.728 e. The van der Waals surface area contributed by atoms with Crippen LogP contribution in [0.5, 0.6) is 17.2 Å². The lowest BCUT2D eigenvalue weighted by molar-refractivity contribution is 0.279. The summed E-state index contributed by atoms with van der Waals surface area (Å²) in [5.41, 5.74) is 1.64. The molecular formula is C20H22O3Si2. The predicted octanol–water partition coefficient (Wildman–Crippen LogP) is 3.44. The standard InChI is InChI=1S/C20H18O3Si.H4Si/c1-2-24(21-18-12-6-3-7-13-18,22-19-14-8-4-9-15-19)23-20-16-10-5-11-17-20;/h2-17H,1H2;1H4. The number of hydrogen-bond donors (Lipinski definition) is 0. The molecule has 0 saturated heterocycles. The molecule has 25 heavy (non-hydrogen) atoms. The summed E-state index contributed by atoms with van der Waals surface area (Å²) in [5, 5.41) is 0. The number of benzene rings is 3. The monoisotopic (exact) mass is 366 g/mol. The molecule has 3 aromatic rings. The summed E-state index contributed by atoms with van der Waals surface area (Å²) in [4.78, 5) is 0. The first-order chi connectivity index (χ1) is 11.8. The summed E-state index contributed by atoms with van der Waals surface area (Å²) in [6.07, 6.45) is 0. The predicted molar refractivity (Wildman–Crippen MR) is 108 cm³/mol. The summed E-state index contributed by atoms with van der Waals surface area (Å²) < 4.78 is 18.4. The minimum atomic E-state index is -3.23. The summed E-state index contributed by atoms with van der Waals surface area (Å²) in [5.74, 6) is 2.03. The highest BCUT2D eigenvalue weighted by Gasteiger charge is 2.46.